The van der Waals surface area contributed by atoms with Crippen LogP contribution in [0.2, 0.25) is 0 Å². The average Bonchev–Trinajstić information content (AvgIpc) is 2.45. The number of rotatable bonds is 7. The second-order valence-corrected chi connectivity index (χ2v) is 5.40. The minimum atomic E-state index is 0.396. The molecule has 3 heteroatoms. The predicted molar refractivity (Wildman–Crippen MR) is 84.6 cm³/mol. The SMILES string of the molecule is CCCCCSCc1cc(C#CCN)ccc1OC. The number of thioether (sulfide) groups is 1. The van der Waals surface area contributed by atoms with Crippen LogP contribution in [0.5, 0.6) is 5.75 Å². The molecule has 2 N–H and O–H groups in total. The number of ether oxygens (including phenoxy) is 1. The normalized spacial score (nSPS) is 9.84. The maximum Gasteiger partial charge on any atom is 0.122 e. The molecule has 0 fully saturated rings. The molecule has 0 aliphatic rings. The van der Waals surface area contributed by atoms with E-state index in [1.807, 2.05) is 23.9 Å². The Kier molecular flexibility index (Phi) is 8.20. The van der Waals surface area contributed by atoms with Crippen LogP contribution < -0.4 is 10.5 Å². The molecule has 0 bridgehead atoms. The summed E-state index contributed by atoms with van der Waals surface area (Å²) in [6.45, 7) is 2.63. The minimum Gasteiger partial charge on any atom is -0.496 e. The van der Waals surface area contributed by atoms with E-state index in [2.05, 4.69) is 24.8 Å². The summed E-state index contributed by atoms with van der Waals surface area (Å²) in [5.41, 5.74) is 7.62. The molecule has 0 saturated heterocycles. The Bertz CT molecular complexity index is 434. The zero-order chi connectivity index (χ0) is 13.9. The standard InChI is InChI=1S/C16H23NOS/c1-3-4-5-11-19-13-15-12-14(7-6-10-17)8-9-16(15)18-2/h8-9,12H,3-5,10-11,13,17H2,1-2H3. The van der Waals surface area contributed by atoms with Gasteiger partial charge in [-0.05, 0) is 30.4 Å². The van der Waals surface area contributed by atoms with Gasteiger partial charge in [0.1, 0.15) is 5.75 Å². The van der Waals surface area contributed by atoms with Crippen molar-refractivity contribution in [1.29, 1.82) is 0 Å². The third-order valence-electron chi connectivity index (χ3n) is 2.76. The molecule has 0 aromatic heterocycles. The van der Waals surface area contributed by atoms with Crippen molar-refractivity contribution in [2.45, 2.75) is 31.9 Å². The van der Waals surface area contributed by atoms with Crippen LogP contribution in [0.3, 0.4) is 0 Å². The van der Waals surface area contributed by atoms with E-state index in [4.69, 9.17) is 10.5 Å². The number of unbranched alkanes of at least 4 members (excludes halogenated alkanes) is 2. The van der Waals surface area contributed by atoms with Gasteiger partial charge < -0.3 is 10.5 Å². The van der Waals surface area contributed by atoms with Crippen molar-refractivity contribution in [2.24, 2.45) is 5.73 Å². The predicted octanol–water partition coefficient (Wildman–Crippen LogP) is 3.43. The minimum absolute atomic E-state index is 0.396. The summed E-state index contributed by atoms with van der Waals surface area (Å²) in [5, 5.41) is 0. The molecular weight excluding hydrogens is 254 g/mol. The van der Waals surface area contributed by atoms with Crippen molar-refractivity contribution in [3.8, 4) is 17.6 Å². The third kappa shape index (κ3) is 6.04. The van der Waals surface area contributed by atoms with E-state index in [9.17, 15) is 0 Å². The number of methoxy groups -OCH3 is 1. The quantitative estimate of drug-likeness (QED) is 0.612. The Morgan fingerprint density at radius 3 is 2.84 bits per heavy atom. The van der Waals surface area contributed by atoms with Gasteiger partial charge in [-0.25, -0.2) is 0 Å². The van der Waals surface area contributed by atoms with Crippen LogP contribution in [0.15, 0.2) is 18.2 Å². The maximum absolute atomic E-state index is 5.40. The first-order valence-electron chi connectivity index (χ1n) is 6.75. The van der Waals surface area contributed by atoms with Crippen molar-refractivity contribution < 1.29 is 4.74 Å². The van der Waals surface area contributed by atoms with Crippen LogP contribution in [-0.2, 0) is 5.75 Å². The van der Waals surface area contributed by atoms with Crippen LogP contribution in [0, 0.1) is 11.8 Å². The largest absolute Gasteiger partial charge is 0.496 e. The van der Waals surface area contributed by atoms with Gasteiger partial charge in [0, 0.05) is 16.9 Å². The molecule has 0 saturated carbocycles. The smallest absolute Gasteiger partial charge is 0.122 e. The zero-order valence-electron chi connectivity index (χ0n) is 11.9. The van der Waals surface area contributed by atoms with Crippen molar-refractivity contribution in [1.82, 2.24) is 0 Å². The molecule has 0 aliphatic carbocycles. The maximum atomic E-state index is 5.40. The molecule has 1 aromatic carbocycles. The molecule has 0 unspecified atom stereocenters. The second-order valence-electron chi connectivity index (χ2n) is 4.29. The van der Waals surface area contributed by atoms with Gasteiger partial charge in [-0.15, -0.1) is 0 Å². The molecule has 0 spiro atoms. The van der Waals surface area contributed by atoms with Crippen LogP contribution in [0.1, 0.15) is 37.3 Å². The highest BCUT2D eigenvalue weighted by Gasteiger charge is 2.03. The van der Waals surface area contributed by atoms with Gasteiger partial charge >= 0.3 is 0 Å². The lowest BCUT2D eigenvalue weighted by molar-refractivity contribution is 0.411. The third-order valence-corrected chi connectivity index (χ3v) is 3.86. The molecule has 0 aliphatic heterocycles. The van der Waals surface area contributed by atoms with Crippen molar-refractivity contribution in [3.05, 3.63) is 29.3 Å². The molecule has 0 heterocycles. The highest BCUT2D eigenvalue weighted by molar-refractivity contribution is 7.98. The van der Waals surface area contributed by atoms with Crippen LogP contribution >= 0.6 is 11.8 Å². The molecule has 1 rings (SSSR count). The van der Waals surface area contributed by atoms with Gasteiger partial charge in [-0.1, -0.05) is 31.6 Å². The summed E-state index contributed by atoms with van der Waals surface area (Å²) in [4.78, 5) is 0. The summed E-state index contributed by atoms with van der Waals surface area (Å²) < 4.78 is 5.40. The van der Waals surface area contributed by atoms with Crippen molar-refractivity contribution in [3.63, 3.8) is 0 Å². The summed E-state index contributed by atoms with van der Waals surface area (Å²) in [6, 6.07) is 6.07. The van der Waals surface area contributed by atoms with E-state index in [0.29, 0.717) is 6.54 Å². The lowest BCUT2D eigenvalue weighted by atomic mass is 10.1. The first kappa shape index (κ1) is 15.9. The lowest BCUT2D eigenvalue weighted by Gasteiger charge is -2.09. The molecule has 1 aromatic rings. The topological polar surface area (TPSA) is 35.2 Å². The average molecular weight is 277 g/mol. The Morgan fingerprint density at radius 2 is 2.16 bits per heavy atom. The Labute approximate surface area is 121 Å². The Morgan fingerprint density at radius 1 is 1.32 bits per heavy atom. The fourth-order valence-corrected chi connectivity index (χ4v) is 2.76. The van der Waals surface area contributed by atoms with E-state index >= 15 is 0 Å². The fourth-order valence-electron chi connectivity index (χ4n) is 1.76. The Hall–Kier alpha value is -1.11. The van der Waals surface area contributed by atoms with Gasteiger partial charge in [-0.2, -0.15) is 11.8 Å². The highest BCUT2D eigenvalue weighted by Crippen LogP contribution is 2.25. The molecule has 0 radical (unpaired) electrons. The molecule has 0 amide bonds. The summed E-state index contributed by atoms with van der Waals surface area (Å²) in [6.07, 6.45) is 3.87. The lowest BCUT2D eigenvalue weighted by Crippen LogP contribution is -1.94. The number of benzene rings is 1. The molecule has 0 atom stereocenters. The highest BCUT2D eigenvalue weighted by atomic mass is 32.2. The van der Waals surface area contributed by atoms with Gasteiger partial charge in [-0.3, -0.25) is 0 Å². The van der Waals surface area contributed by atoms with Crippen LogP contribution in [0.4, 0.5) is 0 Å². The van der Waals surface area contributed by atoms with E-state index in [-0.39, 0.29) is 0 Å². The van der Waals surface area contributed by atoms with Gasteiger partial charge in [0.25, 0.3) is 0 Å². The van der Waals surface area contributed by atoms with E-state index in [0.717, 1.165) is 17.1 Å². The first-order chi connectivity index (χ1) is 9.31. The summed E-state index contributed by atoms with van der Waals surface area (Å²) in [5.74, 6) is 9.08. The summed E-state index contributed by atoms with van der Waals surface area (Å²) in [7, 11) is 1.71. The number of nitrogens with two attached hydrogens (primary N) is 1. The van der Waals surface area contributed by atoms with E-state index in [1.54, 1.807) is 7.11 Å². The van der Waals surface area contributed by atoms with Crippen LogP contribution in [-0.4, -0.2) is 19.4 Å². The van der Waals surface area contributed by atoms with Crippen molar-refractivity contribution >= 4 is 11.8 Å². The number of hydrogen-bond donors (Lipinski definition) is 1. The summed E-state index contributed by atoms with van der Waals surface area (Å²) >= 11 is 1.96. The van der Waals surface area contributed by atoms with Gasteiger partial charge in [0.2, 0.25) is 0 Å². The van der Waals surface area contributed by atoms with Crippen molar-refractivity contribution in [2.75, 3.05) is 19.4 Å². The van der Waals surface area contributed by atoms with Crippen LogP contribution in [0.25, 0.3) is 0 Å². The molecule has 2 nitrogen and oxygen atoms in total. The number of hydrogen-bond acceptors (Lipinski definition) is 3. The fraction of sp³-hybridized carbons (Fsp3) is 0.500. The zero-order valence-corrected chi connectivity index (χ0v) is 12.7. The molecule has 19 heavy (non-hydrogen) atoms. The van der Waals surface area contributed by atoms with Gasteiger partial charge in [0.05, 0.1) is 13.7 Å². The van der Waals surface area contributed by atoms with E-state index in [1.165, 1.54) is 30.6 Å². The monoisotopic (exact) mass is 277 g/mol. The molecular formula is C16H23NOS. The second kappa shape index (κ2) is 9.77. The molecule has 104 valence electrons. The first-order valence-corrected chi connectivity index (χ1v) is 7.90. The van der Waals surface area contributed by atoms with E-state index < -0.39 is 0 Å². The Balaban J connectivity index is 2.62. The van der Waals surface area contributed by atoms with Gasteiger partial charge in [0.15, 0.2) is 0 Å².